The molecule has 1 N–H and O–H groups in total. The molecule has 0 saturated carbocycles. The smallest absolute Gasteiger partial charge is 0.0964 e. The van der Waals surface area contributed by atoms with E-state index in [1.807, 2.05) is 17.9 Å². The highest BCUT2D eigenvalue weighted by Gasteiger charge is 2.09. The van der Waals surface area contributed by atoms with Gasteiger partial charge in [-0.1, -0.05) is 32.4 Å². The van der Waals surface area contributed by atoms with Crippen molar-refractivity contribution in [2.45, 2.75) is 53.1 Å². The molecule has 0 aliphatic carbocycles. The van der Waals surface area contributed by atoms with E-state index in [4.69, 9.17) is 0 Å². The van der Waals surface area contributed by atoms with Crippen LogP contribution in [-0.4, -0.2) is 22.0 Å². The highest BCUT2D eigenvalue weighted by atomic mass is 15.4. The average molecular weight is 224 g/mol. The third-order valence-corrected chi connectivity index (χ3v) is 2.51. The largest absolute Gasteiger partial charge is 0.314 e. The van der Waals surface area contributed by atoms with Crippen molar-refractivity contribution in [2.24, 2.45) is 5.41 Å². The fourth-order valence-electron chi connectivity index (χ4n) is 1.64. The first-order valence-electron chi connectivity index (χ1n) is 6.05. The standard InChI is InChI=1S/C12H24N4/c1-12(2,3)7-5-6-8-16-10-11(9-13-4)14-15-16/h10,13H,5-9H2,1-4H3. The Morgan fingerprint density at radius 3 is 2.69 bits per heavy atom. The topological polar surface area (TPSA) is 42.7 Å². The summed E-state index contributed by atoms with van der Waals surface area (Å²) >= 11 is 0. The van der Waals surface area contributed by atoms with E-state index < -0.39 is 0 Å². The monoisotopic (exact) mass is 224 g/mol. The van der Waals surface area contributed by atoms with Crippen LogP contribution in [0.15, 0.2) is 6.20 Å². The van der Waals surface area contributed by atoms with Gasteiger partial charge in [-0.3, -0.25) is 4.68 Å². The van der Waals surface area contributed by atoms with Gasteiger partial charge in [-0.25, -0.2) is 0 Å². The van der Waals surface area contributed by atoms with Crippen molar-refractivity contribution in [1.29, 1.82) is 0 Å². The molecule has 0 fully saturated rings. The molecule has 1 heterocycles. The summed E-state index contributed by atoms with van der Waals surface area (Å²) in [7, 11) is 1.92. The van der Waals surface area contributed by atoms with Crippen molar-refractivity contribution >= 4 is 0 Å². The van der Waals surface area contributed by atoms with Crippen molar-refractivity contribution in [3.63, 3.8) is 0 Å². The maximum absolute atomic E-state index is 4.10. The number of nitrogens with one attached hydrogen (secondary N) is 1. The Balaban J connectivity index is 2.21. The second-order valence-electron chi connectivity index (χ2n) is 5.52. The van der Waals surface area contributed by atoms with Crippen LogP contribution in [0.2, 0.25) is 0 Å². The first-order chi connectivity index (χ1) is 7.51. The van der Waals surface area contributed by atoms with Crippen molar-refractivity contribution in [3.8, 4) is 0 Å². The van der Waals surface area contributed by atoms with Crippen molar-refractivity contribution in [3.05, 3.63) is 11.9 Å². The zero-order valence-electron chi connectivity index (χ0n) is 11.0. The summed E-state index contributed by atoms with van der Waals surface area (Å²) in [6.45, 7) is 8.63. The first kappa shape index (κ1) is 13.2. The number of nitrogens with zero attached hydrogens (tertiary/aromatic N) is 3. The zero-order chi connectivity index (χ0) is 12.0. The summed E-state index contributed by atoms with van der Waals surface area (Å²) in [6.07, 6.45) is 5.73. The minimum absolute atomic E-state index is 0.444. The fourth-order valence-corrected chi connectivity index (χ4v) is 1.64. The SMILES string of the molecule is CNCc1cn(CCCCC(C)(C)C)nn1. The van der Waals surface area contributed by atoms with Gasteiger partial charge in [0, 0.05) is 19.3 Å². The molecule has 92 valence electrons. The van der Waals surface area contributed by atoms with E-state index in [1.165, 1.54) is 19.3 Å². The van der Waals surface area contributed by atoms with Gasteiger partial charge in [0.25, 0.3) is 0 Å². The second kappa shape index (κ2) is 5.99. The molecule has 0 atom stereocenters. The van der Waals surface area contributed by atoms with Gasteiger partial charge in [0.15, 0.2) is 0 Å². The maximum Gasteiger partial charge on any atom is 0.0964 e. The van der Waals surface area contributed by atoms with Crippen molar-refractivity contribution < 1.29 is 0 Å². The van der Waals surface area contributed by atoms with Gasteiger partial charge in [-0.15, -0.1) is 5.10 Å². The van der Waals surface area contributed by atoms with E-state index in [0.29, 0.717) is 5.41 Å². The van der Waals surface area contributed by atoms with Crippen LogP contribution in [0.5, 0.6) is 0 Å². The molecule has 1 aromatic heterocycles. The Bertz CT molecular complexity index is 298. The van der Waals surface area contributed by atoms with Crippen LogP contribution in [0.4, 0.5) is 0 Å². The Kier molecular flexibility index (Phi) is 4.93. The Labute approximate surface area is 98.4 Å². The number of rotatable bonds is 6. The van der Waals surface area contributed by atoms with Crippen molar-refractivity contribution in [2.75, 3.05) is 7.05 Å². The van der Waals surface area contributed by atoms with Gasteiger partial charge in [-0.2, -0.15) is 0 Å². The molecule has 0 aliphatic heterocycles. The number of aryl methyl sites for hydroxylation is 1. The van der Waals surface area contributed by atoms with E-state index in [9.17, 15) is 0 Å². The van der Waals surface area contributed by atoms with E-state index in [2.05, 4.69) is 36.4 Å². The molecule has 0 spiro atoms. The summed E-state index contributed by atoms with van der Waals surface area (Å²) in [5, 5.41) is 11.2. The van der Waals surface area contributed by atoms with E-state index in [1.54, 1.807) is 0 Å². The van der Waals surface area contributed by atoms with E-state index >= 15 is 0 Å². The average Bonchev–Trinajstić information content (AvgIpc) is 2.60. The summed E-state index contributed by atoms with van der Waals surface area (Å²) in [6, 6.07) is 0. The lowest BCUT2D eigenvalue weighted by Crippen LogP contribution is -2.06. The lowest BCUT2D eigenvalue weighted by atomic mass is 9.90. The van der Waals surface area contributed by atoms with E-state index in [-0.39, 0.29) is 0 Å². The van der Waals surface area contributed by atoms with Gasteiger partial charge in [0.2, 0.25) is 0 Å². The molecule has 0 aromatic carbocycles. The maximum atomic E-state index is 4.10. The summed E-state index contributed by atoms with van der Waals surface area (Å²) in [4.78, 5) is 0. The summed E-state index contributed by atoms with van der Waals surface area (Å²) in [5.41, 5.74) is 1.46. The first-order valence-corrected chi connectivity index (χ1v) is 6.05. The van der Waals surface area contributed by atoms with Gasteiger partial charge in [0.1, 0.15) is 0 Å². The van der Waals surface area contributed by atoms with Gasteiger partial charge < -0.3 is 5.32 Å². The zero-order valence-corrected chi connectivity index (χ0v) is 11.0. The van der Waals surface area contributed by atoms with Crippen LogP contribution in [0.1, 0.15) is 45.7 Å². The van der Waals surface area contributed by atoms with Gasteiger partial charge in [-0.05, 0) is 25.3 Å². The fraction of sp³-hybridized carbons (Fsp3) is 0.833. The Morgan fingerprint density at radius 2 is 2.06 bits per heavy atom. The third-order valence-electron chi connectivity index (χ3n) is 2.51. The molecule has 0 aliphatic rings. The van der Waals surface area contributed by atoms with Gasteiger partial charge in [0.05, 0.1) is 5.69 Å². The number of hydrogen-bond donors (Lipinski definition) is 1. The molecule has 1 aromatic rings. The van der Waals surface area contributed by atoms with Crippen LogP contribution in [0.25, 0.3) is 0 Å². The Morgan fingerprint density at radius 1 is 1.31 bits per heavy atom. The predicted octanol–water partition coefficient (Wildman–Crippen LogP) is 2.21. The van der Waals surface area contributed by atoms with Crippen LogP contribution in [0, 0.1) is 5.41 Å². The minimum Gasteiger partial charge on any atom is -0.314 e. The van der Waals surface area contributed by atoms with Crippen LogP contribution < -0.4 is 5.32 Å². The highest BCUT2D eigenvalue weighted by Crippen LogP contribution is 2.21. The molecular formula is C12H24N4. The predicted molar refractivity (Wildman–Crippen MR) is 66.1 cm³/mol. The lowest BCUT2D eigenvalue weighted by Gasteiger charge is -2.17. The number of hydrogen-bond acceptors (Lipinski definition) is 3. The second-order valence-corrected chi connectivity index (χ2v) is 5.52. The molecule has 0 unspecified atom stereocenters. The number of aromatic nitrogens is 3. The van der Waals surface area contributed by atoms with Crippen molar-refractivity contribution in [1.82, 2.24) is 20.3 Å². The molecule has 0 bridgehead atoms. The van der Waals surface area contributed by atoms with E-state index in [0.717, 1.165) is 18.8 Å². The molecular weight excluding hydrogens is 200 g/mol. The lowest BCUT2D eigenvalue weighted by molar-refractivity contribution is 0.352. The summed E-state index contributed by atoms with van der Waals surface area (Å²) < 4.78 is 1.94. The molecule has 16 heavy (non-hydrogen) atoms. The molecule has 0 radical (unpaired) electrons. The quantitative estimate of drug-likeness (QED) is 0.753. The molecule has 1 rings (SSSR count). The van der Waals surface area contributed by atoms with Gasteiger partial charge >= 0.3 is 0 Å². The van der Waals surface area contributed by atoms with Crippen LogP contribution >= 0.6 is 0 Å². The summed E-state index contributed by atoms with van der Waals surface area (Å²) in [5.74, 6) is 0. The Hall–Kier alpha value is -0.900. The molecule has 0 amide bonds. The molecule has 4 heteroatoms. The molecule has 0 saturated heterocycles. The third kappa shape index (κ3) is 5.26. The normalized spacial score (nSPS) is 12.0. The van der Waals surface area contributed by atoms with Crippen LogP contribution in [0.3, 0.4) is 0 Å². The van der Waals surface area contributed by atoms with Crippen LogP contribution in [-0.2, 0) is 13.1 Å². The highest BCUT2D eigenvalue weighted by molar-refractivity contribution is 4.90. The number of unbranched alkanes of at least 4 members (excludes halogenated alkanes) is 1. The minimum atomic E-state index is 0.444. The molecule has 4 nitrogen and oxygen atoms in total.